The van der Waals surface area contributed by atoms with Gasteiger partial charge in [-0.1, -0.05) is 0 Å². The van der Waals surface area contributed by atoms with Crippen LogP contribution in [0.25, 0.3) is 5.65 Å². The van der Waals surface area contributed by atoms with E-state index in [9.17, 15) is 5.11 Å². The molecule has 1 saturated heterocycles. The molecule has 5 heteroatoms. The van der Waals surface area contributed by atoms with Crippen LogP contribution in [0.15, 0.2) is 18.5 Å². The van der Waals surface area contributed by atoms with Crippen molar-refractivity contribution in [2.24, 2.45) is 0 Å². The maximum absolute atomic E-state index is 9.54. The first-order valence-electron chi connectivity index (χ1n) is 5.97. The monoisotopic (exact) mass is 232 g/mol. The third-order valence-electron chi connectivity index (χ3n) is 3.29. The molecule has 0 amide bonds. The number of aliphatic hydroxyl groups is 1. The van der Waals surface area contributed by atoms with E-state index in [2.05, 4.69) is 28.0 Å². The molecule has 0 unspecified atom stereocenters. The van der Waals surface area contributed by atoms with Crippen LogP contribution in [0.1, 0.15) is 18.4 Å². The molecule has 3 heterocycles. The first kappa shape index (κ1) is 10.5. The van der Waals surface area contributed by atoms with Crippen LogP contribution in [0.5, 0.6) is 0 Å². The number of nitrogens with zero attached hydrogens (tertiary/aromatic N) is 4. The molecule has 2 aromatic heterocycles. The van der Waals surface area contributed by atoms with Gasteiger partial charge in [-0.25, -0.2) is 4.98 Å². The van der Waals surface area contributed by atoms with Gasteiger partial charge in [0.15, 0.2) is 5.65 Å². The summed E-state index contributed by atoms with van der Waals surface area (Å²) in [6.45, 7) is 3.82. The topological polar surface area (TPSA) is 53.7 Å². The summed E-state index contributed by atoms with van der Waals surface area (Å²) >= 11 is 0. The van der Waals surface area contributed by atoms with Crippen LogP contribution in [0, 0.1) is 6.92 Å². The van der Waals surface area contributed by atoms with Gasteiger partial charge in [0.1, 0.15) is 12.1 Å². The summed E-state index contributed by atoms with van der Waals surface area (Å²) in [6, 6.07) is 4.15. The summed E-state index contributed by atoms with van der Waals surface area (Å²) in [6.07, 6.45) is 3.08. The van der Waals surface area contributed by atoms with E-state index in [-0.39, 0.29) is 6.10 Å². The van der Waals surface area contributed by atoms with Crippen molar-refractivity contribution >= 4 is 11.5 Å². The molecule has 1 aliphatic heterocycles. The summed E-state index contributed by atoms with van der Waals surface area (Å²) in [4.78, 5) is 6.49. The number of aromatic nitrogens is 3. The number of fused-ring (bicyclic) bond motifs is 1. The van der Waals surface area contributed by atoms with E-state index in [1.165, 1.54) is 5.56 Å². The molecule has 2 aromatic rings. The van der Waals surface area contributed by atoms with Gasteiger partial charge in [0, 0.05) is 13.1 Å². The second-order valence-corrected chi connectivity index (χ2v) is 4.64. The van der Waals surface area contributed by atoms with Crippen LogP contribution in [0.2, 0.25) is 0 Å². The maximum Gasteiger partial charge on any atom is 0.157 e. The van der Waals surface area contributed by atoms with Gasteiger partial charge in [-0.05, 0) is 37.5 Å². The van der Waals surface area contributed by atoms with E-state index in [1.54, 1.807) is 6.33 Å². The third-order valence-corrected chi connectivity index (χ3v) is 3.29. The molecule has 0 aliphatic carbocycles. The number of piperidine rings is 1. The van der Waals surface area contributed by atoms with Crippen LogP contribution >= 0.6 is 0 Å². The van der Waals surface area contributed by atoms with E-state index in [0.717, 1.165) is 37.4 Å². The van der Waals surface area contributed by atoms with Gasteiger partial charge in [0.05, 0.1) is 6.10 Å². The lowest BCUT2D eigenvalue weighted by Gasteiger charge is -2.31. The maximum atomic E-state index is 9.54. The second-order valence-electron chi connectivity index (χ2n) is 4.64. The third kappa shape index (κ3) is 1.86. The predicted molar refractivity (Wildman–Crippen MR) is 65.2 cm³/mol. The largest absolute Gasteiger partial charge is 0.393 e. The number of hydrogen-bond acceptors (Lipinski definition) is 4. The lowest BCUT2D eigenvalue weighted by atomic mass is 10.1. The Morgan fingerprint density at radius 3 is 2.82 bits per heavy atom. The Kier molecular flexibility index (Phi) is 2.48. The standard InChI is InChI=1S/C12H16N4O/c1-9-6-11-13-8-14-16(11)12(7-9)15-4-2-10(17)3-5-15/h6-8,10,17H,2-5H2,1H3. The molecular formula is C12H16N4O. The predicted octanol–water partition coefficient (Wildman–Crippen LogP) is 0.999. The molecule has 0 atom stereocenters. The molecular weight excluding hydrogens is 216 g/mol. The van der Waals surface area contributed by atoms with Gasteiger partial charge in [0.2, 0.25) is 0 Å². The quantitative estimate of drug-likeness (QED) is 0.797. The fourth-order valence-electron chi connectivity index (χ4n) is 2.36. The minimum absolute atomic E-state index is 0.151. The minimum atomic E-state index is -0.151. The summed E-state index contributed by atoms with van der Waals surface area (Å²) in [5, 5.41) is 13.8. The molecule has 0 spiro atoms. The average Bonchev–Trinajstić information content (AvgIpc) is 2.77. The Hall–Kier alpha value is -1.62. The molecule has 0 radical (unpaired) electrons. The summed E-state index contributed by atoms with van der Waals surface area (Å²) in [5.41, 5.74) is 2.07. The highest BCUT2D eigenvalue weighted by Gasteiger charge is 2.19. The Labute approximate surface area is 99.7 Å². The lowest BCUT2D eigenvalue weighted by Crippen LogP contribution is -2.37. The molecule has 90 valence electrons. The van der Waals surface area contributed by atoms with Crippen molar-refractivity contribution in [1.82, 2.24) is 14.6 Å². The molecule has 5 nitrogen and oxygen atoms in total. The van der Waals surface area contributed by atoms with Gasteiger partial charge >= 0.3 is 0 Å². The van der Waals surface area contributed by atoms with Gasteiger partial charge in [-0.3, -0.25) is 0 Å². The highest BCUT2D eigenvalue weighted by molar-refractivity contribution is 5.53. The summed E-state index contributed by atoms with van der Waals surface area (Å²) in [7, 11) is 0. The van der Waals surface area contributed by atoms with Crippen molar-refractivity contribution in [3.63, 3.8) is 0 Å². The van der Waals surface area contributed by atoms with Crippen molar-refractivity contribution < 1.29 is 5.11 Å². The van der Waals surface area contributed by atoms with Crippen molar-refractivity contribution in [2.75, 3.05) is 18.0 Å². The molecule has 1 aliphatic rings. The zero-order valence-electron chi connectivity index (χ0n) is 9.87. The fourth-order valence-corrected chi connectivity index (χ4v) is 2.36. The molecule has 3 rings (SSSR count). The van der Waals surface area contributed by atoms with Crippen molar-refractivity contribution in [3.8, 4) is 0 Å². The Morgan fingerprint density at radius 1 is 1.29 bits per heavy atom. The molecule has 0 aromatic carbocycles. The number of pyridine rings is 1. The van der Waals surface area contributed by atoms with Crippen LogP contribution in [-0.2, 0) is 0 Å². The SMILES string of the molecule is Cc1cc(N2CCC(O)CC2)n2ncnc2c1. The second kappa shape index (κ2) is 4.00. The first-order chi connectivity index (χ1) is 8.24. The summed E-state index contributed by atoms with van der Waals surface area (Å²) < 4.78 is 1.87. The van der Waals surface area contributed by atoms with E-state index in [1.807, 2.05) is 10.6 Å². The molecule has 1 fully saturated rings. The Bertz CT molecular complexity index is 528. The van der Waals surface area contributed by atoms with Gasteiger partial charge < -0.3 is 10.0 Å². The number of hydrogen-bond donors (Lipinski definition) is 1. The number of aryl methyl sites for hydroxylation is 1. The van der Waals surface area contributed by atoms with Crippen LogP contribution in [-0.4, -0.2) is 38.9 Å². The number of rotatable bonds is 1. The zero-order chi connectivity index (χ0) is 11.8. The van der Waals surface area contributed by atoms with E-state index < -0.39 is 0 Å². The normalized spacial score (nSPS) is 17.9. The highest BCUT2D eigenvalue weighted by Crippen LogP contribution is 2.21. The number of anilines is 1. The molecule has 17 heavy (non-hydrogen) atoms. The summed E-state index contributed by atoms with van der Waals surface area (Å²) in [5.74, 6) is 1.07. The van der Waals surface area contributed by atoms with Gasteiger partial charge in [-0.15, -0.1) is 0 Å². The minimum Gasteiger partial charge on any atom is -0.393 e. The van der Waals surface area contributed by atoms with Crippen LogP contribution in [0.3, 0.4) is 0 Å². The van der Waals surface area contributed by atoms with E-state index in [0.29, 0.717) is 0 Å². The van der Waals surface area contributed by atoms with E-state index in [4.69, 9.17) is 0 Å². The highest BCUT2D eigenvalue weighted by atomic mass is 16.3. The van der Waals surface area contributed by atoms with Crippen LogP contribution < -0.4 is 4.90 Å². The molecule has 0 saturated carbocycles. The lowest BCUT2D eigenvalue weighted by molar-refractivity contribution is 0.145. The Balaban J connectivity index is 2.01. The van der Waals surface area contributed by atoms with E-state index >= 15 is 0 Å². The smallest absolute Gasteiger partial charge is 0.157 e. The van der Waals surface area contributed by atoms with Crippen molar-refractivity contribution in [2.45, 2.75) is 25.9 Å². The number of aliphatic hydroxyl groups excluding tert-OH is 1. The fraction of sp³-hybridized carbons (Fsp3) is 0.500. The average molecular weight is 232 g/mol. The van der Waals surface area contributed by atoms with Crippen LogP contribution in [0.4, 0.5) is 5.82 Å². The Morgan fingerprint density at radius 2 is 2.06 bits per heavy atom. The molecule has 1 N–H and O–H groups in total. The van der Waals surface area contributed by atoms with Crippen molar-refractivity contribution in [3.05, 3.63) is 24.0 Å². The first-order valence-corrected chi connectivity index (χ1v) is 5.97. The van der Waals surface area contributed by atoms with Gasteiger partial charge in [0.25, 0.3) is 0 Å². The van der Waals surface area contributed by atoms with Gasteiger partial charge in [-0.2, -0.15) is 9.61 Å². The van der Waals surface area contributed by atoms with Crippen molar-refractivity contribution in [1.29, 1.82) is 0 Å². The molecule has 0 bridgehead atoms. The zero-order valence-corrected chi connectivity index (χ0v) is 9.87.